The van der Waals surface area contributed by atoms with E-state index in [4.69, 9.17) is 0 Å². The van der Waals surface area contributed by atoms with Crippen LogP contribution in [0.3, 0.4) is 0 Å². The lowest BCUT2D eigenvalue weighted by molar-refractivity contribution is 0.704. The van der Waals surface area contributed by atoms with Crippen molar-refractivity contribution >= 4 is 0 Å². The Bertz CT molecular complexity index is 298. The van der Waals surface area contributed by atoms with E-state index in [1.165, 1.54) is 5.56 Å². The molecule has 84 valence electrons. The number of rotatable bonds is 5. The zero-order chi connectivity index (χ0) is 11.3. The standard InChI is InChI=1S/C12H21N3/c1-5-12-14-9(3)11(10(4)15-12)7-8-13-6-2/h13H,5-8H2,1-4H3. The summed E-state index contributed by atoms with van der Waals surface area (Å²) in [5.74, 6) is 0.956. The lowest BCUT2D eigenvalue weighted by Gasteiger charge is -2.10. The van der Waals surface area contributed by atoms with Gasteiger partial charge in [-0.15, -0.1) is 0 Å². The van der Waals surface area contributed by atoms with E-state index in [1.54, 1.807) is 0 Å². The molecule has 15 heavy (non-hydrogen) atoms. The molecule has 3 heteroatoms. The molecule has 0 aliphatic heterocycles. The minimum absolute atomic E-state index is 0.912. The molecule has 1 aromatic rings. The quantitative estimate of drug-likeness (QED) is 0.748. The van der Waals surface area contributed by atoms with E-state index in [2.05, 4.69) is 43.0 Å². The average molecular weight is 207 g/mol. The maximum absolute atomic E-state index is 4.49. The highest BCUT2D eigenvalue weighted by molar-refractivity contribution is 5.24. The van der Waals surface area contributed by atoms with Crippen molar-refractivity contribution < 1.29 is 0 Å². The second-order valence-electron chi connectivity index (χ2n) is 3.75. The normalized spacial score (nSPS) is 10.7. The summed E-state index contributed by atoms with van der Waals surface area (Å²) in [6, 6.07) is 0. The molecule has 0 saturated heterocycles. The summed E-state index contributed by atoms with van der Waals surface area (Å²) in [6.45, 7) is 10.4. The largest absolute Gasteiger partial charge is 0.317 e. The molecule has 0 radical (unpaired) electrons. The van der Waals surface area contributed by atoms with Gasteiger partial charge in [0, 0.05) is 17.8 Å². The van der Waals surface area contributed by atoms with Gasteiger partial charge in [-0.3, -0.25) is 0 Å². The number of nitrogens with one attached hydrogen (secondary N) is 1. The van der Waals surface area contributed by atoms with Crippen LogP contribution in [0.25, 0.3) is 0 Å². The molecule has 0 atom stereocenters. The topological polar surface area (TPSA) is 37.8 Å². The van der Waals surface area contributed by atoms with E-state index in [-0.39, 0.29) is 0 Å². The molecule has 1 rings (SSSR count). The van der Waals surface area contributed by atoms with Crippen LogP contribution >= 0.6 is 0 Å². The lowest BCUT2D eigenvalue weighted by Crippen LogP contribution is -2.18. The zero-order valence-corrected chi connectivity index (χ0v) is 10.2. The first-order chi connectivity index (χ1) is 7.19. The van der Waals surface area contributed by atoms with E-state index in [0.717, 1.165) is 43.1 Å². The van der Waals surface area contributed by atoms with E-state index in [0.29, 0.717) is 0 Å². The van der Waals surface area contributed by atoms with Crippen molar-refractivity contribution in [3.05, 3.63) is 22.8 Å². The predicted octanol–water partition coefficient (Wildman–Crippen LogP) is 1.81. The van der Waals surface area contributed by atoms with E-state index < -0.39 is 0 Å². The average Bonchev–Trinajstić information content (AvgIpc) is 2.22. The third kappa shape index (κ3) is 3.27. The van der Waals surface area contributed by atoms with Crippen LogP contribution < -0.4 is 5.32 Å². The maximum atomic E-state index is 4.49. The molecule has 0 saturated carbocycles. The van der Waals surface area contributed by atoms with Crippen molar-refractivity contribution in [2.24, 2.45) is 0 Å². The Morgan fingerprint density at radius 3 is 2.13 bits per heavy atom. The fourth-order valence-electron chi connectivity index (χ4n) is 1.72. The van der Waals surface area contributed by atoms with Crippen LogP contribution in [-0.4, -0.2) is 23.1 Å². The van der Waals surface area contributed by atoms with Crippen LogP contribution in [0, 0.1) is 13.8 Å². The van der Waals surface area contributed by atoms with Gasteiger partial charge < -0.3 is 5.32 Å². The summed E-state index contributed by atoms with van der Waals surface area (Å²) in [4.78, 5) is 8.98. The fraction of sp³-hybridized carbons (Fsp3) is 0.667. The van der Waals surface area contributed by atoms with E-state index >= 15 is 0 Å². The van der Waals surface area contributed by atoms with Gasteiger partial charge in [-0.25, -0.2) is 9.97 Å². The Kier molecular flexibility index (Phi) is 4.69. The van der Waals surface area contributed by atoms with Gasteiger partial charge in [-0.1, -0.05) is 13.8 Å². The Morgan fingerprint density at radius 1 is 1.07 bits per heavy atom. The SMILES string of the molecule is CCNCCc1c(C)nc(CC)nc1C. The van der Waals surface area contributed by atoms with Crippen LogP contribution in [0.2, 0.25) is 0 Å². The van der Waals surface area contributed by atoms with Crippen LogP contribution in [0.5, 0.6) is 0 Å². The highest BCUT2D eigenvalue weighted by Crippen LogP contribution is 2.10. The fourth-order valence-corrected chi connectivity index (χ4v) is 1.72. The second-order valence-corrected chi connectivity index (χ2v) is 3.75. The Labute approximate surface area is 92.3 Å². The van der Waals surface area contributed by atoms with Crippen LogP contribution in [-0.2, 0) is 12.8 Å². The molecule has 0 aliphatic carbocycles. The molecule has 0 amide bonds. The van der Waals surface area contributed by atoms with Gasteiger partial charge in [0.1, 0.15) is 5.82 Å². The van der Waals surface area contributed by atoms with Crippen LogP contribution in [0.1, 0.15) is 36.6 Å². The zero-order valence-electron chi connectivity index (χ0n) is 10.2. The molecular formula is C12H21N3. The molecule has 0 bridgehead atoms. The number of aromatic nitrogens is 2. The van der Waals surface area contributed by atoms with E-state index in [1.807, 2.05) is 0 Å². The van der Waals surface area contributed by atoms with Gasteiger partial charge in [0.25, 0.3) is 0 Å². The third-order valence-electron chi connectivity index (χ3n) is 2.58. The van der Waals surface area contributed by atoms with Gasteiger partial charge in [-0.05, 0) is 38.9 Å². The molecule has 0 unspecified atom stereocenters. The highest BCUT2D eigenvalue weighted by atomic mass is 14.9. The van der Waals surface area contributed by atoms with Crippen molar-refractivity contribution in [3.63, 3.8) is 0 Å². The van der Waals surface area contributed by atoms with Crippen LogP contribution in [0.15, 0.2) is 0 Å². The number of hydrogen-bond acceptors (Lipinski definition) is 3. The van der Waals surface area contributed by atoms with Crippen LogP contribution in [0.4, 0.5) is 0 Å². The Balaban J connectivity index is 2.79. The molecule has 0 aliphatic rings. The number of hydrogen-bond donors (Lipinski definition) is 1. The Hall–Kier alpha value is -0.960. The van der Waals surface area contributed by atoms with Crippen molar-refractivity contribution in [3.8, 4) is 0 Å². The monoisotopic (exact) mass is 207 g/mol. The number of aryl methyl sites for hydroxylation is 3. The summed E-state index contributed by atoms with van der Waals surface area (Å²) < 4.78 is 0. The highest BCUT2D eigenvalue weighted by Gasteiger charge is 2.06. The first-order valence-electron chi connectivity index (χ1n) is 5.72. The first kappa shape index (κ1) is 12.1. The minimum atomic E-state index is 0.912. The summed E-state index contributed by atoms with van der Waals surface area (Å²) in [7, 11) is 0. The van der Waals surface area contributed by atoms with E-state index in [9.17, 15) is 0 Å². The molecule has 3 nitrogen and oxygen atoms in total. The van der Waals surface area contributed by atoms with Crippen molar-refractivity contribution in [2.75, 3.05) is 13.1 Å². The lowest BCUT2D eigenvalue weighted by atomic mass is 10.1. The molecule has 0 spiro atoms. The molecule has 0 fully saturated rings. The van der Waals surface area contributed by atoms with Gasteiger partial charge in [0.15, 0.2) is 0 Å². The summed E-state index contributed by atoms with van der Waals surface area (Å²) in [5, 5.41) is 3.32. The Morgan fingerprint density at radius 2 is 1.67 bits per heavy atom. The van der Waals surface area contributed by atoms with Gasteiger partial charge in [-0.2, -0.15) is 0 Å². The predicted molar refractivity (Wildman–Crippen MR) is 63.1 cm³/mol. The molecule has 1 N–H and O–H groups in total. The first-order valence-corrected chi connectivity index (χ1v) is 5.72. The number of nitrogens with zero attached hydrogens (tertiary/aromatic N) is 2. The molecule has 1 aromatic heterocycles. The summed E-state index contributed by atoms with van der Waals surface area (Å²) in [6.07, 6.45) is 1.94. The van der Waals surface area contributed by atoms with Gasteiger partial charge in [0.2, 0.25) is 0 Å². The summed E-state index contributed by atoms with van der Waals surface area (Å²) >= 11 is 0. The third-order valence-corrected chi connectivity index (χ3v) is 2.58. The van der Waals surface area contributed by atoms with Crippen molar-refractivity contribution in [2.45, 2.75) is 40.5 Å². The number of likely N-dealkylation sites (N-methyl/N-ethyl adjacent to an activating group) is 1. The summed E-state index contributed by atoms with van der Waals surface area (Å²) in [5.41, 5.74) is 3.57. The van der Waals surface area contributed by atoms with Crippen molar-refractivity contribution in [1.29, 1.82) is 0 Å². The smallest absolute Gasteiger partial charge is 0.128 e. The molecule has 0 aromatic carbocycles. The maximum Gasteiger partial charge on any atom is 0.128 e. The van der Waals surface area contributed by atoms with Gasteiger partial charge in [0.05, 0.1) is 0 Å². The second kappa shape index (κ2) is 5.81. The van der Waals surface area contributed by atoms with Crippen molar-refractivity contribution in [1.82, 2.24) is 15.3 Å². The van der Waals surface area contributed by atoms with Gasteiger partial charge >= 0.3 is 0 Å². The molecule has 1 heterocycles. The minimum Gasteiger partial charge on any atom is -0.317 e. The molecular weight excluding hydrogens is 186 g/mol.